The van der Waals surface area contributed by atoms with Crippen molar-refractivity contribution in [3.05, 3.63) is 30.0 Å². The second-order valence-electron chi connectivity index (χ2n) is 5.43. The molecule has 0 aliphatic heterocycles. The van der Waals surface area contributed by atoms with Crippen LogP contribution in [0.5, 0.6) is 11.5 Å². The van der Waals surface area contributed by atoms with Crippen LogP contribution in [0.15, 0.2) is 24.4 Å². The summed E-state index contributed by atoms with van der Waals surface area (Å²) in [7, 11) is 0. The molecule has 1 heterocycles. The zero-order valence-corrected chi connectivity index (χ0v) is 13.3. The molecule has 0 unspecified atom stereocenters. The molecular weight excluding hydrogens is 296 g/mol. The van der Waals surface area contributed by atoms with Gasteiger partial charge in [0.2, 0.25) is 0 Å². The molecule has 0 spiro atoms. The van der Waals surface area contributed by atoms with Crippen molar-refractivity contribution in [1.29, 1.82) is 0 Å². The maximum Gasteiger partial charge on any atom is 0.335 e. The van der Waals surface area contributed by atoms with Gasteiger partial charge in [-0.2, -0.15) is 5.10 Å². The number of hydrogen-bond acceptors (Lipinski definition) is 4. The Kier molecular flexibility index (Phi) is 4.23. The van der Waals surface area contributed by atoms with Gasteiger partial charge in [0, 0.05) is 6.20 Å². The molecule has 0 amide bonds. The average molecular weight is 316 g/mol. The van der Waals surface area contributed by atoms with Crippen molar-refractivity contribution in [2.24, 2.45) is 0 Å². The number of carbonyl (C=O) groups is 1. The Morgan fingerprint density at radius 2 is 1.87 bits per heavy atom. The van der Waals surface area contributed by atoms with Crippen molar-refractivity contribution in [3.63, 3.8) is 0 Å². The van der Waals surface area contributed by atoms with E-state index in [0.717, 1.165) is 18.5 Å². The first-order valence-corrected chi connectivity index (χ1v) is 7.86. The predicted molar refractivity (Wildman–Crippen MR) is 85.2 cm³/mol. The molecular formula is C17H20N2O4. The Labute approximate surface area is 134 Å². The fraction of sp³-hybridized carbons (Fsp3) is 0.412. The van der Waals surface area contributed by atoms with Gasteiger partial charge in [-0.3, -0.25) is 4.68 Å². The van der Waals surface area contributed by atoms with Crippen LogP contribution >= 0.6 is 0 Å². The number of carboxylic acid groups (broad SMARTS) is 1. The molecule has 2 aromatic rings. The van der Waals surface area contributed by atoms with Crippen LogP contribution in [0.2, 0.25) is 0 Å². The van der Waals surface area contributed by atoms with Gasteiger partial charge in [0.15, 0.2) is 0 Å². The topological polar surface area (TPSA) is 73.6 Å². The maximum absolute atomic E-state index is 11.3. The summed E-state index contributed by atoms with van der Waals surface area (Å²) in [5.41, 5.74) is 1.58. The summed E-state index contributed by atoms with van der Waals surface area (Å²) < 4.78 is 13.3. The van der Waals surface area contributed by atoms with E-state index in [9.17, 15) is 9.90 Å². The Balaban J connectivity index is 2.11. The number of nitrogens with zero attached hydrogens (tertiary/aromatic N) is 2. The smallest absolute Gasteiger partial charge is 0.335 e. The van der Waals surface area contributed by atoms with Gasteiger partial charge in [0.1, 0.15) is 11.5 Å². The van der Waals surface area contributed by atoms with E-state index in [4.69, 9.17) is 9.47 Å². The van der Waals surface area contributed by atoms with Crippen LogP contribution < -0.4 is 9.47 Å². The van der Waals surface area contributed by atoms with Crippen LogP contribution in [0, 0.1) is 0 Å². The van der Waals surface area contributed by atoms with E-state index in [-0.39, 0.29) is 5.56 Å². The number of aromatic nitrogens is 2. The molecule has 1 fully saturated rings. The van der Waals surface area contributed by atoms with Gasteiger partial charge in [0.05, 0.1) is 36.1 Å². The molecule has 0 radical (unpaired) electrons. The van der Waals surface area contributed by atoms with Crippen LogP contribution in [0.25, 0.3) is 11.3 Å². The number of hydrogen-bond donors (Lipinski definition) is 1. The van der Waals surface area contributed by atoms with E-state index >= 15 is 0 Å². The Morgan fingerprint density at radius 3 is 2.35 bits per heavy atom. The highest BCUT2D eigenvalue weighted by atomic mass is 16.5. The molecule has 1 aromatic heterocycles. The van der Waals surface area contributed by atoms with Gasteiger partial charge in [0.25, 0.3) is 0 Å². The number of rotatable bonds is 7. The number of ether oxygens (including phenoxy) is 2. The zero-order valence-electron chi connectivity index (χ0n) is 13.3. The summed E-state index contributed by atoms with van der Waals surface area (Å²) in [5, 5.41) is 13.9. The highest BCUT2D eigenvalue weighted by Crippen LogP contribution is 2.41. The lowest BCUT2D eigenvalue weighted by Gasteiger charge is -2.15. The summed E-state index contributed by atoms with van der Waals surface area (Å²) in [4.78, 5) is 11.3. The predicted octanol–water partition coefficient (Wildman–Crippen LogP) is 3.38. The van der Waals surface area contributed by atoms with E-state index in [1.807, 2.05) is 30.8 Å². The van der Waals surface area contributed by atoms with Crippen molar-refractivity contribution in [2.45, 2.75) is 32.7 Å². The van der Waals surface area contributed by atoms with E-state index in [1.54, 1.807) is 0 Å². The first-order chi connectivity index (χ1) is 11.1. The average Bonchev–Trinajstić information content (AvgIpc) is 3.26. The van der Waals surface area contributed by atoms with Crippen LogP contribution in [-0.2, 0) is 0 Å². The molecule has 23 heavy (non-hydrogen) atoms. The molecule has 1 aliphatic carbocycles. The van der Waals surface area contributed by atoms with Crippen LogP contribution in [0.4, 0.5) is 0 Å². The zero-order chi connectivity index (χ0) is 16.4. The SMILES string of the molecule is CCOc1cc(C(=O)O)cc(OCC)c1-c1ccn(C2CC2)n1. The quantitative estimate of drug-likeness (QED) is 0.847. The minimum Gasteiger partial charge on any atom is -0.493 e. The molecule has 0 bridgehead atoms. The molecule has 122 valence electrons. The van der Waals surface area contributed by atoms with Gasteiger partial charge in [-0.15, -0.1) is 0 Å². The lowest BCUT2D eigenvalue weighted by molar-refractivity contribution is 0.0696. The van der Waals surface area contributed by atoms with Crippen molar-refractivity contribution in [1.82, 2.24) is 9.78 Å². The number of benzene rings is 1. The second-order valence-corrected chi connectivity index (χ2v) is 5.43. The first kappa shape index (κ1) is 15.4. The highest BCUT2D eigenvalue weighted by molar-refractivity contribution is 5.91. The summed E-state index contributed by atoms with van der Waals surface area (Å²) >= 11 is 0. The molecule has 1 aromatic carbocycles. The summed E-state index contributed by atoms with van der Waals surface area (Å²) in [5.74, 6) is -0.0456. The van der Waals surface area contributed by atoms with E-state index < -0.39 is 5.97 Å². The van der Waals surface area contributed by atoms with Gasteiger partial charge < -0.3 is 14.6 Å². The highest BCUT2D eigenvalue weighted by Gasteiger charge is 2.26. The minimum atomic E-state index is -1.01. The summed E-state index contributed by atoms with van der Waals surface area (Å²) in [6.45, 7) is 4.59. The van der Waals surface area contributed by atoms with Crippen molar-refractivity contribution >= 4 is 5.97 Å². The number of carboxylic acids is 1. The monoisotopic (exact) mass is 316 g/mol. The third-order valence-electron chi connectivity index (χ3n) is 3.70. The summed E-state index contributed by atoms with van der Waals surface area (Å²) in [6.07, 6.45) is 4.25. The normalized spacial score (nSPS) is 13.8. The molecule has 0 atom stereocenters. The minimum absolute atomic E-state index is 0.141. The van der Waals surface area contributed by atoms with Crippen LogP contribution in [0.3, 0.4) is 0 Å². The van der Waals surface area contributed by atoms with Crippen LogP contribution in [0.1, 0.15) is 43.1 Å². The molecule has 6 heteroatoms. The largest absolute Gasteiger partial charge is 0.493 e. The van der Waals surface area contributed by atoms with Gasteiger partial charge in [-0.1, -0.05) is 0 Å². The number of aromatic carboxylic acids is 1. The van der Waals surface area contributed by atoms with Crippen molar-refractivity contribution in [2.75, 3.05) is 13.2 Å². The molecule has 6 nitrogen and oxygen atoms in total. The van der Waals surface area contributed by atoms with E-state index in [2.05, 4.69) is 5.10 Å². The van der Waals surface area contributed by atoms with Gasteiger partial charge in [-0.25, -0.2) is 4.79 Å². The maximum atomic E-state index is 11.3. The van der Waals surface area contributed by atoms with E-state index in [0.29, 0.717) is 36.3 Å². The Morgan fingerprint density at radius 1 is 1.26 bits per heavy atom. The van der Waals surface area contributed by atoms with Crippen molar-refractivity contribution < 1.29 is 19.4 Å². The third-order valence-corrected chi connectivity index (χ3v) is 3.70. The van der Waals surface area contributed by atoms with Gasteiger partial charge in [-0.05, 0) is 44.9 Å². The second kappa shape index (κ2) is 6.32. The first-order valence-electron chi connectivity index (χ1n) is 7.86. The van der Waals surface area contributed by atoms with Crippen molar-refractivity contribution in [3.8, 4) is 22.8 Å². The van der Waals surface area contributed by atoms with Gasteiger partial charge >= 0.3 is 5.97 Å². The molecule has 1 saturated carbocycles. The van der Waals surface area contributed by atoms with E-state index in [1.165, 1.54) is 12.1 Å². The standard InChI is InChI=1S/C17H20N2O4/c1-3-22-14-9-11(17(20)21)10-15(23-4-2)16(14)13-7-8-19(18-13)12-5-6-12/h7-10,12H,3-6H2,1-2H3,(H,20,21). The molecule has 0 saturated heterocycles. The lowest BCUT2D eigenvalue weighted by Crippen LogP contribution is -2.04. The molecule has 3 rings (SSSR count). The Bertz CT molecular complexity index is 692. The third kappa shape index (κ3) is 3.16. The Hall–Kier alpha value is -2.50. The fourth-order valence-electron chi connectivity index (χ4n) is 2.52. The fourth-order valence-corrected chi connectivity index (χ4v) is 2.52. The summed E-state index contributed by atoms with van der Waals surface area (Å²) in [6, 6.07) is 5.45. The molecule has 1 N–H and O–H groups in total. The lowest BCUT2D eigenvalue weighted by atomic mass is 10.1. The van der Waals surface area contributed by atoms with Crippen LogP contribution in [-0.4, -0.2) is 34.1 Å². The molecule has 1 aliphatic rings.